The van der Waals surface area contributed by atoms with Gasteiger partial charge in [0.1, 0.15) is 5.69 Å². The molecule has 9 heteroatoms. The molecular formula is C15H16ClF2N5O. The van der Waals surface area contributed by atoms with Gasteiger partial charge in [0.25, 0.3) is 12.3 Å². The SMILES string of the molecule is NC(CNC(=O)c1cnn(-c2ncccc2Cl)c1C(F)F)C1CC1. The Morgan fingerprint density at radius 2 is 2.25 bits per heavy atom. The zero-order valence-corrected chi connectivity index (χ0v) is 13.4. The third kappa shape index (κ3) is 3.39. The molecule has 6 nitrogen and oxygen atoms in total. The van der Waals surface area contributed by atoms with Crippen molar-refractivity contribution in [3.05, 3.63) is 40.8 Å². The maximum absolute atomic E-state index is 13.5. The minimum atomic E-state index is -2.91. The summed E-state index contributed by atoms with van der Waals surface area (Å²) < 4.78 is 27.9. The standard InChI is InChI=1S/C15H16ClF2N5O/c16-10-2-1-5-20-14(10)23-12(13(17)18)9(6-22-23)15(24)21-7-11(19)8-3-4-8/h1-2,5-6,8,11,13H,3-4,7,19H2,(H,21,24). The van der Waals surface area contributed by atoms with E-state index in [1.807, 2.05) is 0 Å². The van der Waals surface area contributed by atoms with Crippen molar-refractivity contribution in [2.45, 2.75) is 25.3 Å². The number of hydrogen-bond acceptors (Lipinski definition) is 4. The number of rotatable bonds is 6. The number of amides is 1. The monoisotopic (exact) mass is 355 g/mol. The first-order valence-electron chi connectivity index (χ1n) is 7.49. The topological polar surface area (TPSA) is 85.8 Å². The first-order valence-corrected chi connectivity index (χ1v) is 7.87. The molecule has 1 fully saturated rings. The number of aromatic nitrogens is 3. The molecule has 1 aliphatic carbocycles. The first kappa shape index (κ1) is 16.8. The minimum Gasteiger partial charge on any atom is -0.350 e. The Labute approximate surface area is 142 Å². The number of alkyl halides is 2. The van der Waals surface area contributed by atoms with Crippen LogP contribution in [0.1, 0.15) is 35.3 Å². The lowest BCUT2D eigenvalue weighted by Crippen LogP contribution is -2.38. The number of nitrogens with zero attached hydrogens (tertiary/aromatic N) is 3. The summed E-state index contributed by atoms with van der Waals surface area (Å²) in [5.41, 5.74) is 5.15. The number of halogens is 3. The van der Waals surface area contributed by atoms with Gasteiger partial charge in [-0.15, -0.1) is 0 Å². The predicted octanol–water partition coefficient (Wildman–Crippen LogP) is 2.33. The van der Waals surface area contributed by atoms with Gasteiger partial charge >= 0.3 is 0 Å². The molecule has 1 aliphatic rings. The highest BCUT2D eigenvalue weighted by atomic mass is 35.5. The molecule has 0 aliphatic heterocycles. The number of hydrogen-bond donors (Lipinski definition) is 2. The van der Waals surface area contributed by atoms with Crippen LogP contribution in [0.5, 0.6) is 0 Å². The van der Waals surface area contributed by atoms with E-state index in [9.17, 15) is 13.6 Å². The average Bonchev–Trinajstić information content (AvgIpc) is 3.31. The van der Waals surface area contributed by atoms with Gasteiger partial charge in [-0.25, -0.2) is 18.4 Å². The first-order chi connectivity index (χ1) is 11.5. The van der Waals surface area contributed by atoms with Gasteiger partial charge in [-0.1, -0.05) is 11.6 Å². The van der Waals surface area contributed by atoms with E-state index in [0.717, 1.165) is 23.7 Å². The van der Waals surface area contributed by atoms with Crippen LogP contribution in [0.15, 0.2) is 24.5 Å². The molecule has 3 N–H and O–H groups in total. The van der Waals surface area contributed by atoms with Gasteiger partial charge in [0.05, 0.1) is 16.8 Å². The Morgan fingerprint density at radius 3 is 2.88 bits per heavy atom. The lowest BCUT2D eigenvalue weighted by molar-refractivity contribution is 0.0934. The largest absolute Gasteiger partial charge is 0.350 e. The molecule has 1 unspecified atom stereocenters. The van der Waals surface area contributed by atoms with Gasteiger partial charge in [-0.3, -0.25) is 4.79 Å². The number of carbonyl (C=O) groups is 1. The van der Waals surface area contributed by atoms with Crippen molar-refractivity contribution in [3.63, 3.8) is 0 Å². The van der Waals surface area contributed by atoms with Crippen molar-refractivity contribution in [1.82, 2.24) is 20.1 Å². The Morgan fingerprint density at radius 1 is 1.50 bits per heavy atom. The second kappa shape index (κ2) is 6.82. The molecule has 2 heterocycles. The summed E-state index contributed by atoms with van der Waals surface area (Å²) in [6.07, 6.45) is 1.66. The second-order valence-corrected chi connectivity index (χ2v) is 6.08. The molecule has 2 aromatic rings. The van der Waals surface area contributed by atoms with Crippen LogP contribution in [-0.4, -0.2) is 33.3 Å². The van der Waals surface area contributed by atoms with Crippen molar-refractivity contribution in [3.8, 4) is 5.82 Å². The molecule has 1 saturated carbocycles. The maximum atomic E-state index is 13.5. The predicted molar refractivity (Wildman–Crippen MR) is 84.4 cm³/mol. The van der Waals surface area contributed by atoms with E-state index in [1.165, 1.54) is 12.3 Å². The summed E-state index contributed by atoms with van der Waals surface area (Å²) in [4.78, 5) is 16.2. The Balaban J connectivity index is 1.85. The van der Waals surface area contributed by atoms with Crippen LogP contribution in [-0.2, 0) is 0 Å². The number of nitrogens with one attached hydrogen (secondary N) is 1. The van der Waals surface area contributed by atoms with E-state index in [0.29, 0.717) is 5.92 Å². The van der Waals surface area contributed by atoms with Crippen molar-refractivity contribution in [2.24, 2.45) is 11.7 Å². The van der Waals surface area contributed by atoms with Crippen LogP contribution < -0.4 is 11.1 Å². The van der Waals surface area contributed by atoms with Crippen molar-refractivity contribution >= 4 is 17.5 Å². The molecule has 0 saturated heterocycles. The zero-order valence-electron chi connectivity index (χ0n) is 12.6. The van der Waals surface area contributed by atoms with Crippen LogP contribution in [0.2, 0.25) is 5.02 Å². The van der Waals surface area contributed by atoms with Crippen molar-refractivity contribution in [1.29, 1.82) is 0 Å². The van der Waals surface area contributed by atoms with Crippen LogP contribution in [0, 0.1) is 5.92 Å². The van der Waals surface area contributed by atoms with Gasteiger partial charge in [0, 0.05) is 18.8 Å². The fourth-order valence-electron chi connectivity index (χ4n) is 2.44. The third-order valence-corrected chi connectivity index (χ3v) is 4.22. The fourth-order valence-corrected chi connectivity index (χ4v) is 2.64. The summed E-state index contributed by atoms with van der Waals surface area (Å²) in [5.74, 6) is -0.196. The van der Waals surface area contributed by atoms with Crippen LogP contribution in [0.3, 0.4) is 0 Å². The van der Waals surface area contributed by atoms with Crippen molar-refractivity contribution < 1.29 is 13.6 Å². The highest BCUT2D eigenvalue weighted by molar-refractivity contribution is 6.32. The number of nitrogens with two attached hydrogens (primary N) is 1. The summed E-state index contributed by atoms with van der Waals surface area (Å²) in [7, 11) is 0. The molecule has 0 spiro atoms. The Hall–Kier alpha value is -2.06. The van der Waals surface area contributed by atoms with E-state index in [-0.39, 0.29) is 29.0 Å². The van der Waals surface area contributed by atoms with E-state index in [4.69, 9.17) is 17.3 Å². The summed E-state index contributed by atoms with van der Waals surface area (Å²) in [5, 5.41) is 6.61. The van der Waals surface area contributed by atoms with E-state index in [1.54, 1.807) is 6.07 Å². The van der Waals surface area contributed by atoms with Gasteiger partial charge in [-0.05, 0) is 30.9 Å². The molecule has 1 atom stereocenters. The molecule has 24 heavy (non-hydrogen) atoms. The van der Waals surface area contributed by atoms with Gasteiger partial charge in [-0.2, -0.15) is 5.10 Å². The van der Waals surface area contributed by atoms with Crippen LogP contribution >= 0.6 is 11.6 Å². The second-order valence-electron chi connectivity index (χ2n) is 5.68. The van der Waals surface area contributed by atoms with Crippen LogP contribution in [0.4, 0.5) is 8.78 Å². The average molecular weight is 356 g/mol. The molecular weight excluding hydrogens is 340 g/mol. The zero-order chi connectivity index (χ0) is 17.3. The summed E-state index contributed by atoms with van der Waals surface area (Å²) in [6, 6.07) is 2.92. The number of pyridine rings is 1. The lowest BCUT2D eigenvalue weighted by Gasteiger charge is -2.12. The van der Waals surface area contributed by atoms with E-state index >= 15 is 0 Å². The quantitative estimate of drug-likeness (QED) is 0.832. The van der Waals surface area contributed by atoms with Crippen LogP contribution in [0.25, 0.3) is 5.82 Å². The molecule has 1 amide bonds. The van der Waals surface area contributed by atoms with Gasteiger partial charge in [0.2, 0.25) is 0 Å². The third-order valence-electron chi connectivity index (χ3n) is 3.92. The van der Waals surface area contributed by atoms with Gasteiger partial charge in [0.15, 0.2) is 5.82 Å². The molecule has 0 aromatic carbocycles. The Bertz CT molecular complexity index is 747. The highest BCUT2D eigenvalue weighted by Gasteiger charge is 2.30. The number of carbonyl (C=O) groups excluding carboxylic acids is 1. The molecule has 0 bridgehead atoms. The van der Waals surface area contributed by atoms with E-state index in [2.05, 4.69) is 15.4 Å². The smallest absolute Gasteiger partial charge is 0.281 e. The Kier molecular flexibility index (Phi) is 4.77. The fraction of sp³-hybridized carbons (Fsp3) is 0.400. The minimum absolute atomic E-state index is 0.0446. The van der Waals surface area contributed by atoms with E-state index < -0.39 is 18.0 Å². The lowest BCUT2D eigenvalue weighted by atomic mass is 10.2. The normalized spacial score (nSPS) is 15.5. The molecule has 3 rings (SSSR count). The summed E-state index contributed by atoms with van der Waals surface area (Å²) in [6.45, 7) is 0.238. The molecule has 0 radical (unpaired) electrons. The summed E-state index contributed by atoms with van der Waals surface area (Å²) >= 11 is 5.98. The van der Waals surface area contributed by atoms with Crippen molar-refractivity contribution in [2.75, 3.05) is 6.54 Å². The molecule has 2 aromatic heterocycles. The molecule has 128 valence electrons. The highest BCUT2D eigenvalue weighted by Crippen LogP contribution is 2.31. The van der Waals surface area contributed by atoms with Gasteiger partial charge < -0.3 is 11.1 Å². The maximum Gasteiger partial charge on any atom is 0.281 e.